The SMILES string of the molecule is C=C(C)/C(=C(\C)c1cc2n(n1)CCNC2)c1ccc(F)cc1OC(C)C. The third kappa shape index (κ3) is 3.73. The molecular formula is C21H26FN3O. The summed E-state index contributed by atoms with van der Waals surface area (Å²) in [5, 5.41) is 8.11. The van der Waals surface area contributed by atoms with E-state index in [9.17, 15) is 4.39 Å². The van der Waals surface area contributed by atoms with Crippen molar-refractivity contribution in [2.75, 3.05) is 6.54 Å². The maximum atomic E-state index is 13.8. The average molecular weight is 355 g/mol. The molecule has 0 fully saturated rings. The molecule has 0 unspecified atom stereocenters. The molecule has 5 heteroatoms. The van der Waals surface area contributed by atoms with Crippen LogP contribution in [0.2, 0.25) is 0 Å². The van der Waals surface area contributed by atoms with Crippen LogP contribution in [0.1, 0.15) is 44.6 Å². The van der Waals surface area contributed by atoms with Crippen molar-refractivity contribution in [3.63, 3.8) is 0 Å². The maximum Gasteiger partial charge on any atom is 0.130 e. The standard InChI is InChI=1S/C21H26FN3O/c1-13(2)21(18-7-6-16(22)10-20(18)26-14(3)4)15(5)19-11-17-12-23-8-9-25(17)24-19/h6-7,10-11,14,23H,1,8-9,12H2,2-5H3/b21-15-. The summed E-state index contributed by atoms with van der Waals surface area (Å²) in [7, 11) is 0. The van der Waals surface area contributed by atoms with Crippen molar-refractivity contribution < 1.29 is 9.13 Å². The van der Waals surface area contributed by atoms with Crippen LogP contribution < -0.4 is 10.1 Å². The zero-order valence-corrected chi connectivity index (χ0v) is 15.9. The Morgan fingerprint density at radius 3 is 2.73 bits per heavy atom. The van der Waals surface area contributed by atoms with Gasteiger partial charge in [0.1, 0.15) is 11.6 Å². The summed E-state index contributed by atoms with van der Waals surface area (Å²) < 4.78 is 21.7. The minimum atomic E-state index is -0.313. The Morgan fingerprint density at radius 1 is 1.31 bits per heavy atom. The molecule has 138 valence electrons. The molecular weight excluding hydrogens is 329 g/mol. The second kappa shape index (κ2) is 7.46. The van der Waals surface area contributed by atoms with Gasteiger partial charge in [-0.25, -0.2) is 4.39 Å². The van der Waals surface area contributed by atoms with Crippen LogP contribution in [0.15, 0.2) is 36.4 Å². The predicted molar refractivity (Wildman–Crippen MR) is 103 cm³/mol. The predicted octanol–water partition coefficient (Wildman–Crippen LogP) is 4.42. The molecule has 1 aromatic heterocycles. The van der Waals surface area contributed by atoms with E-state index < -0.39 is 0 Å². The zero-order valence-electron chi connectivity index (χ0n) is 15.9. The second-order valence-electron chi connectivity index (χ2n) is 7.01. The molecule has 1 aromatic carbocycles. The van der Waals surface area contributed by atoms with E-state index in [1.807, 2.05) is 32.4 Å². The molecule has 1 N–H and O–H groups in total. The molecule has 0 amide bonds. The van der Waals surface area contributed by atoms with Crippen LogP contribution in [0.25, 0.3) is 11.1 Å². The van der Waals surface area contributed by atoms with Gasteiger partial charge in [-0.1, -0.05) is 6.58 Å². The van der Waals surface area contributed by atoms with E-state index >= 15 is 0 Å². The molecule has 0 saturated carbocycles. The number of benzene rings is 1. The van der Waals surface area contributed by atoms with E-state index in [0.717, 1.165) is 47.6 Å². The van der Waals surface area contributed by atoms with Crippen molar-refractivity contribution in [3.8, 4) is 5.75 Å². The summed E-state index contributed by atoms with van der Waals surface area (Å²) in [6.07, 6.45) is -0.0479. The van der Waals surface area contributed by atoms with Crippen LogP contribution in [0.5, 0.6) is 5.75 Å². The number of halogens is 1. The number of nitrogens with one attached hydrogen (secondary N) is 1. The van der Waals surface area contributed by atoms with Crippen LogP contribution >= 0.6 is 0 Å². The molecule has 26 heavy (non-hydrogen) atoms. The first-order chi connectivity index (χ1) is 12.4. The Kier molecular flexibility index (Phi) is 5.28. The van der Waals surface area contributed by atoms with Crippen molar-refractivity contribution in [1.29, 1.82) is 0 Å². The summed E-state index contributed by atoms with van der Waals surface area (Å²) in [4.78, 5) is 0. The lowest BCUT2D eigenvalue weighted by Gasteiger charge is -2.18. The maximum absolute atomic E-state index is 13.8. The van der Waals surface area contributed by atoms with Crippen molar-refractivity contribution in [3.05, 3.63) is 59.2 Å². The van der Waals surface area contributed by atoms with E-state index in [1.165, 1.54) is 17.8 Å². The van der Waals surface area contributed by atoms with E-state index in [4.69, 9.17) is 9.84 Å². The lowest BCUT2D eigenvalue weighted by Crippen LogP contribution is -2.28. The number of fused-ring (bicyclic) bond motifs is 1. The van der Waals surface area contributed by atoms with E-state index in [1.54, 1.807) is 6.07 Å². The minimum Gasteiger partial charge on any atom is -0.490 e. The molecule has 0 aliphatic carbocycles. The van der Waals surface area contributed by atoms with Crippen LogP contribution in [-0.4, -0.2) is 22.4 Å². The van der Waals surface area contributed by atoms with E-state index in [-0.39, 0.29) is 11.9 Å². The number of hydrogen-bond acceptors (Lipinski definition) is 3. The number of allylic oxidation sites excluding steroid dienone is 3. The number of rotatable bonds is 5. The monoisotopic (exact) mass is 355 g/mol. The van der Waals surface area contributed by atoms with Gasteiger partial charge in [0.15, 0.2) is 0 Å². The minimum absolute atomic E-state index is 0.0479. The summed E-state index contributed by atoms with van der Waals surface area (Å²) in [5.41, 5.74) is 5.79. The second-order valence-corrected chi connectivity index (χ2v) is 7.01. The highest BCUT2D eigenvalue weighted by Crippen LogP contribution is 2.37. The van der Waals surface area contributed by atoms with Crippen molar-refractivity contribution in [2.24, 2.45) is 0 Å². The van der Waals surface area contributed by atoms with Crippen molar-refractivity contribution in [1.82, 2.24) is 15.1 Å². The van der Waals surface area contributed by atoms with Crippen molar-refractivity contribution in [2.45, 2.75) is 46.9 Å². The van der Waals surface area contributed by atoms with Gasteiger partial charge < -0.3 is 10.1 Å². The average Bonchev–Trinajstić information content (AvgIpc) is 3.00. The Bertz CT molecular complexity index is 841. The quantitative estimate of drug-likeness (QED) is 0.807. The van der Waals surface area contributed by atoms with Gasteiger partial charge >= 0.3 is 0 Å². The Labute approximate surface area is 154 Å². The van der Waals surface area contributed by atoms with Gasteiger partial charge in [-0.05, 0) is 62.6 Å². The molecule has 0 spiro atoms. The van der Waals surface area contributed by atoms with Gasteiger partial charge in [0, 0.05) is 24.7 Å². The number of ether oxygens (including phenoxy) is 1. The fourth-order valence-corrected chi connectivity index (χ4v) is 3.31. The molecule has 0 atom stereocenters. The van der Waals surface area contributed by atoms with E-state index in [2.05, 4.69) is 18.0 Å². The third-order valence-electron chi connectivity index (χ3n) is 4.43. The molecule has 0 bridgehead atoms. The lowest BCUT2D eigenvalue weighted by atomic mass is 9.93. The number of aromatic nitrogens is 2. The largest absolute Gasteiger partial charge is 0.490 e. The van der Waals surface area contributed by atoms with Gasteiger partial charge in [-0.15, -0.1) is 0 Å². The summed E-state index contributed by atoms with van der Waals surface area (Å²) in [6, 6.07) is 6.77. The zero-order chi connectivity index (χ0) is 18.8. The molecule has 0 saturated heterocycles. The van der Waals surface area contributed by atoms with Crippen LogP contribution in [0.4, 0.5) is 4.39 Å². The van der Waals surface area contributed by atoms with Crippen LogP contribution in [0, 0.1) is 5.82 Å². The summed E-state index contributed by atoms with van der Waals surface area (Å²) in [6.45, 7) is 14.6. The first kappa shape index (κ1) is 18.4. The van der Waals surface area contributed by atoms with Crippen LogP contribution in [0.3, 0.4) is 0 Å². The lowest BCUT2D eigenvalue weighted by molar-refractivity contribution is 0.240. The molecule has 3 rings (SSSR count). The van der Waals surface area contributed by atoms with Gasteiger partial charge in [0.2, 0.25) is 0 Å². The molecule has 0 radical (unpaired) electrons. The molecule has 2 aromatic rings. The third-order valence-corrected chi connectivity index (χ3v) is 4.43. The molecule has 4 nitrogen and oxygen atoms in total. The van der Waals surface area contributed by atoms with Crippen LogP contribution in [-0.2, 0) is 13.1 Å². The Morgan fingerprint density at radius 2 is 2.08 bits per heavy atom. The van der Waals surface area contributed by atoms with Gasteiger partial charge in [-0.3, -0.25) is 4.68 Å². The Hall–Kier alpha value is -2.40. The number of nitrogens with zero attached hydrogens (tertiary/aromatic N) is 2. The summed E-state index contributed by atoms with van der Waals surface area (Å²) >= 11 is 0. The Balaban J connectivity index is 2.13. The fraction of sp³-hybridized carbons (Fsp3) is 0.381. The fourth-order valence-electron chi connectivity index (χ4n) is 3.31. The van der Waals surface area contributed by atoms with E-state index in [0.29, 0.717) is 5.75 Å². The molecule has 2 heterocycles. The molecule has 1 aliphatic rings. The normalized spacial score (nSPS) is 14.8. The highest BCUT2D eigenvalue weighted by molar-refractivity contribution is 5.97. The highest BCUT2D eigenvalue weighted by atomic mass is 19.1. The first-order valence-electron chi connectivity index (χ1n) is 8.98. The smallest absolute Gasteiger partial charge is 0.130 e. The van der Waals surface area contributed by atoms with Crippen molar-refractivity contribution >= 4 is 11.1 Å². The highest BCUT2D eigenvalue weighted by Gasteiger charge is 2.19. The van der Waals surface area contributed by atoms with Gasteiger partial charge in [0.25, 0.3) is 0 Å². The number of hydrogen-bond donors (Lipinski definition) is 1. The molecule has 1 aliphatic heterocycles. The van der Waals surface area contributed by atoms with Gasteiger partial charge in [0.05, 0.1) is 24.0 Å². The van der Waals surface area contributed by atoms with Gasteiger partial charge in [-0.2, -0.15) is 5.10 Å². The first-order valence-corrected chi connectivity index (χ1v) is 8.98. The summed E-state index contributed by atoms with van der Waals surface area (Å²) in [5.74, 6) is 0.217. The topological polar surface area (TPSA) is 39.1 Å².